The summed E-state index contributed by atoms with van der Waals surface area (Å²) >= 11 is 6.18. The van der Waals surface area contributed by atoms with Gasteiger partial charge in [-0.15, -0.1) is 0 Å². The van der Waals surface area contributed by atoms with Crippen LogP contribution in [0.4, 0.5) is 5.69 Å². The highest BCUT2D eigenvalue weighted by atomic mass is 35.5. The Morgan fingerprint density at radius 3 is 2.50 bits per heavy atom. The molecule has 0 saturated heterocycles. The zero-order valence-electron chi connectivity index (χ0n) is 20.8. The van der Waals surface area contributed by atoms with Gasteiger partial charge in [0.1, 0.15) is 12.2 Å². The zero-order chi connectivity index (χ0) is 27.0. The first-order chi connectivity index (χ1) is 18.3. The molecule has 1 amide bonds. The number of benzene rings is 3. The summed E-state index contributed by atoms with van der Waals surface area (Å²) < 4.78 is 17.6. The van der Waals surface area contributed by atoms with E-state index in [1.807, 2.05) is 6.92 Å². The average molecular weight is 530 g/mol. The summed E-state index contributed by atoms with van der Waals surface area (Å²) in [7, 11) is 0. The molecule has 1 aliphatic rings. The molecule has 7 nitrogen and oxygen atoms in total. The van der Waals surface area contributed by atoms with Crippen LogP contribution >= 0.6 is 11.6 Å². The smallest absolute Gasteiger partial charge is 0.295 e. The summed E-state index contributed by atoms with van der Waals surface area (Å²) in [5.41, 5.74) is 1.74. The Morgan fingerprint density at radius 1 is 1.05 bits per heavy atom. The van der Waals surface area contributed by atoms with Crippen LogP contribution in [0, 0.1) is 0 Å². The first kappa shape index (κ1) is 25.3. The third-order valence-electron chi connectivity index (χ3n) is 6.32. The van der Waals surface area contributed by atoms with Crippen molar-refractivity contribution in [3.05, 3.63) is 111 Å². The van der Waals surface area contributed by atoms with Gasteiger partial charge in [0.15, 0.2) is 22.7 Å². The van der Waals surface area contributed by atoms with Crippen LogP contribution in [0.25, 0.3) is 11.0 Å². The summed E-state index contributed by atoms with van der Waals surface area (Å²) in [5.74, 6) is 0.359. The van der Waals surface area contributed by atoms with Gasteiger partial charge in [-0.3, -0.25) is 19.3 Å². The molecule has 3 aromatic carbocycles. The summed E-state index contributed by atoms with van der Waals surface area (Å²) in [6.45, 7) is 7.68. The van der Waals surface area contributed by atoms with Gasteiger partial charge in [-0.1, -0.05) is 30.3 Å². The molecule has 4 aromatic rings. The highest BCUT2D eigenvalue weighted by Gasteiger charge is 2.44. The second kappa shape index (κ2) is 10.2. The molecule has 0 bridgehead atoms. The van der Waals surface area contributed by atoms with Crippen molar-refractivity contribution in [2.24, 2.45) is 0 Å². The largest absolute Gasteiger partial charge is 0.490 e. The number of hydrogen-bond donors (Lipinski definition) is 0. The average Bonchev–Trinajstić information content (AvgIpc) is 3.21. The van der Waals surface area contributed by atoms with E-state index in [1.54, 1.807) is 60.7 Å². The number of amides is 1. The molecule has 1 unspecified atom stereocenters. The van der Waals surface area contributed by atoms with E-state index in [0.29, 0.717) is 39.9 Å². The highest BCUT2D eigenvalue weighted by Crippen LogP contribution is 2.43. The molecule has 192 valence electrons. The zero-order valence-corrected chi connectivity index (χ0v) is 21.6. The minimum Gasteiger partial charge on any atom is -0.490 e. The minimum absolute atomic E-state index is 0.0459. The first-order valence-electron chi connectivity index (χ1n) is 12.0. The van der Waals surface area contributed by atoms with Crippen molar-refractivity contribution >= 4 is 39.9 Å². The number of anilines is 1. The van der Waals surface area contributed by atoms with Gasteiger partial charge in [-0.05, 0) is 74.0 Å². The van der Waals surface area contributed by atoms with Crippen LogP contribution in [-0.2, 0) is 0 Å². The van der Waals surface area contributed by atoms with Crippen LogP contribution in [0.15, 0.2) is 82.5 Å². The van der Waals surface area contributed by atoms with E-state index in [9.17, 15) is 14.4 Å². The fourth-order valence-corrected chi connectivity index (χ4v) is 4.79. The van der Waals surface area contributed by atoms with Crippen molar-refractivity contribution < 1.29 is 23.5 Å². The Hall–Kier alpha value is -4.36. The van der Waals surface area contributed by atoms with Crippen LogP contribution in [0.3, 0.4) is 0 Å². The van der Waals surface area contributed by atoms with E-state index in [4.69, 9.17) is 25.5 Å². The number of ether oxygens (including phenoxy) is 2. The fourth-order valence-electron chi connectivity index (χ4n) is 4.61. The lowest BCUT2D eigenvalue weighted by Gasteiger charge is -2.26. The molecule has 38 heavy (non-hydrogen) atoms. The van der Waals surface area contributed by atoms with E-state index in [0.717, 1.165) is 0 Å². The molecular formula is C30H24ClNO6. The summed E-state index contributed by atoms with van der Waals surface area (Å²) in [6, 6.07) is 15.8. The molecule has 1 atom stereocenters. The van der Waals surface area contributed by atoms with Gasteiger partial charge in [-0.25, -0.2) is 0 Å². The molecule has 0 spiro atoms. The Balaban J connectivity index is 1.74. The maximum atomic E-state index is 13.8. The third kappa shape index (κ3) is 4.35. The predicted molar refractivity (Wildman–Crippen MR) is 146 cm³/mol. The maximum Gasteiger partial charge on any atom is 0.295 e. The van der Waals surface area contributed by atoms with Gasteiger partial charge in [0, 0.05) is 16.3 Å². The predicted octanol–water partition coefficient (Wildman–Crippen LogP) is 6.36. The minimum atomic E-state index is -0.826. The lowest BCUT2D eigenvalue weighted by molar-refractivity contribution is 0.0970. The number of carbonyl (C=O) groups excluding carboxylic acids is 2. The monoisotopic (exact) mass is 529 g/mol. The van der Waals surface area contributed by atoms with E-state index < -0.39 is 11.9 Å². The van der Waals surface area contributed by atoms with Crippen LogP contribution in [0.2, 0.25) is 5.02 Å². The summed E-state index contributed by atoms with van der Waals surface area (Å²) in [5, 5.41) is 0.656. The number of carbonyl (C=O) groups is 2. The number of rotatable bonds is 8. The maximum absolute atomic E-state index is 13.8. The fraction of sp³-hybridized carbons (Fsp3) is 0.167. The Kier molecular flexibility index (Phi) is 6.78. The van der Waals surface area contributed by atoms with Gasteiger partial charge >= 0.3 is 0 Å². The van der Waals surface area contributed by atoms with Crippen molar-refractivity contribution in [3.63, 3.8) is 0 Å². The molecule has 5 rings (SSSR count). The molecule has 1 aromatic heterocycles. The van der Waals surface area contributed by atoms with Crippen molar-refractivity contribution in [1.82, 2.24) is 0 Å². The van der Waals surface area contributed by atoms with Crippen LogP contribution in [-0.4, -0.2) is 24.9 Å². The SMILES string of the molecule is C=CCOc1ccc(C2c3c(oc4ccc(Cl)cc4c3=O)C(=O)N2c2ccc(C(C)=O)cc2)cc1OCC. The molecule has 0 aliphatic carbocycles. The Labute approximate surface area is 223 Å². The van der Waals surface area contributed by atoms with Crippen molar-refractivity contribution in [3.8, 4) is 11.5 Å². The second-order valence-electron chi connectivity index (χ2n) is 8.73. The molecule has 0 fully saturated rings. The Morgan fingerprint density at radius 2 is 1.82 bits per heavy atom. The van der Waals surface area contributed by atoms with E-state index in [2.05, 4.69) is 6.58 Å². The van der Waals surface area contributed by atoms with Crippen LogP contribution in [0.5, 0.6) is 11.5 Å². The van der Waals surface area contributed by atoms with Crippen molar-refractivity contribution in [1.29, 1.82) is 0 Å². The van der Waals surface area contributed by atoms with E-state index in [-0.39, 0.29) is 40.1 Å². The normalized spacial score (nSPS) is 14.4. The van der Waals surface area contributed by atoms with Crippen LogP contribution < -0.4 is 19.8 Å². The van der Waals surface area contributed by atoms with Gasteiger partial charge < -0.3 is 13.9 Å². The quantitative estimate of drug-likeness (QED) is 0.195. The number of nitrogens with zero attached hydrogens (tertiary/aromatic N) is 1. The summed E-state index contributed by atoms with van der Waals surface area (Å²) in [4.78, 5) is 41.0. The van der Waals surface area contributed by atoms with Crippen molar-refractivity contribution in [2.45, 2.75) is 19.9 Å². The number of ketones is 1. The number of hydrogen-bond acceptors (Lipinski definition) is 6. The van der Waals surface area contributed by atoms with E-state index in [1.165, 1.54) is 17.9 Å². The molecule has 0 N–H and O–H groups in total. The summed E-state index contributed by atoms with van der Waals surface area (Å²) in [6.07, 6.45) is 1.63. The molecular weight excluding hydrogens is 506 g/mol. The lowest BCUT2D eigenvalue weighted by atomic mass is 9.97. The first-order valence-corrected chi connectivity index (χ1v) is 12.4. The highest BCUT2D eigenvalue weighted by molar-refractivity contribution is 6.31. The molecule has 0 saturated carbocycles. The lowest BCUT2D eigenvalue weighted by Crippen LogP contribution is -2.29. The standard InChI is InChI=1S/C30H24ClNO6/c1-4-14-37-24-12-8-19(15-25(24)36-5-2)27-26-28(34)22-16-20(31)9-13-23(22)38-29(26)30(35)32(27)21-10-6-18(7-11-21)17(3)33/h4,6-13,15-16,27H,1,5,14H2,2-3H3. The number of fused-ring (bicyclic) bond motifs is 2. The van der Waals surface area contributed by atoms with Gasteiger partial charge in [0.25, 0.3) is 5.91 Å². The third-order valence-corrected chi connectivity index (χ3v) is 6.56. The second-order valence-corrected chi connectivity index (χ2v) is 9.17. The molecule has 0 radical (unpaired) electrons. The molecule has 8 heteroatoms. The number of halogens is 1. The Bertz CT molecular complexity index is 1640. The van der Waals surface area contributed by atoms with Gasteiger partial charge in [-0.2, -0.15) is 0 Å². The van der Waals surface area contributed by atoms with Gasteiger partial charge in [0.2, 0.25) is 5.76 Å². The van der Waals surface area contributed by atoms with Crippen LogP contribution in [0.1, 0.15) is 51.9 Å². The molecule has 1 aliphatic heterocycles. The molecule has 2 heterocycles. The topological polar surface area (TPSA) is 86.0 Å². The number of Topliss-reactive ketones (excluding diaryl/α,β-unsaturated/α-hetero) is 1. The van der Waals surface area contributed by atoms with E-state index >= 15 is 0 Å². The van der Waals surface area contributed by atoms with Crippen molar-refractivity contribution in [2.75, 3.05) is 18.1 Å². The van der Waals surface area contributed by atoms with Gasteiger partial charge in [0.05, 0.1) is 23.6 Å².